The average Bonchev–Trinajstić information content (AvgIpc) is 3.40. The van der Waals surface area contributed by atoms with Crippen molar-refractivity contribution in [1.29, 1.82) is 0 Å². The molecule has 6 atom stereocenters. The summed E-state index contributed by atoms with van der Waals surface area (Å²) in [5.74, 6) is -0.341. The number of aliphatic imine (C=N–C) groups is 1. The zero-order valence-corrected chi connectivity index (χ0v) is 20.8. The predicted octanol–water partition coefficient (Wildman–Crippen LogP) is -1.27. The van der Waals surface area contributed by atoms with Crippen molar-refractivity contribution >= 4 is 26.3 Å². The SMILES string of the molecule is CCOCCOCCOC(=O)[C@H](C)N[PH](=O)OC[C@H]1OCC(O)(C2CC=C3C(N)=NC=NN32)[C@@H]1O. The van der Waals surface area contributed by atoms with E-state index in [-0.39, 0.29) is 32.3 Å². The van der Waals surface area contributed by atoms with Gasteiger partial charge in [-0.15, -0.1) is 0 Å². The van der Waals surface area contributed by atoms with E-state index in [9.17, 15) is 19.6 Å². The number of esters is 1. The predicted molar refractivity (Wildman–Crippen MR) is 125 cm³/mol. The molecule has 3 aliphatic heterocycles. The van der Waals surface area contributed by atoms with E-state index in [2.05, 4.69) is 15.2 Å². The Morgan fingerprint density at radius 2 is 2.14 bits per heavy atom. The third-order valence-corrected chi connectivity index (χ3v) is 6.89. The maximum absolute atomic E-state index is 12.3. The molecule has 35 heavy (non-hydrogen) atoms. The van der Waals surface area contributed by atoms with Crippen molar-refractivity contribution < 1.29 is 43.0 Å². The Morgan fingerprint density at radius 1 is 1.40 bits per heavy atom. The fraction of sp³-hybridized carbons (Fsp3) is 0.750. The second kappa shape index (κ2) is 12.9. The summed E-state index contributed by atoms with van der Waals surface area (Å²) in [6, 6.07) is -1.50. The molecule has 0 aromatic heterocycles. The summed E-state index contributed by atoms with van der Waals surface area (Å²) in [4.78, 5) is 15.9. The number of aliphatic hydroxyl groups excluding tert-OH is 1. The lowest BCUT2D eigenvalue weighted by Crippen LogP contribution is -2.58. The normalized spacial score (nSPS) is 29.5. The van der Waals surface area contributed by atoms with Gasteiger partial charge in [0.1, 0.15) is 36.8 Å². The van der Waals surface area contributed by atoms with Gasteiger partial charge in [0.25, 0.3) is 8.18 Å². The van der Waals surface area contributed by atoms with Gasteiger partial charge in [-0.05, 0) is 20.3 Å². The number of hydrogen-bond acceptors (Lipinski definition) is 13. The number of rotatable bonds is 14. The standard InChI is InChI=1S/C20H34N5O9P/c1-3-30-6-7-31-8-9-32-19(27)13(2)24-35(29)34-10-15-17(26)20(28,11-33-15)16-5-4-14-18(21)22-12-23-25(14)16/h4,12-13,15-17,26,28,35H,3,5-11H2,1-2H3,(H,24,29)(H2,21,22,23)/t13-,15+,16?,17+,20?/m0/s1. The van der Waals surface area contributed by atoms with E-state index in [1.807, 2.05) is 6.92 Å². The molecule has 0 radical (unpaired) electrons. The number of carbonyl (C=O) groups excluding carboxylic acids is 1. The van der Waals surface area contributed by atoms with E-state index in [1.54, 1.807) is 6.08 Å². The lowest BCUT2D eigenvalue weighted by atomic mass is 9.87. The van der Waals surface area contributed by atoms with Gasteiger partial charge in [0, 0.05) is 6.61 Å². The van der Waals surface area contributed by atoms with Gasteiger partial charge in [0.2, 0.25) is 0 Å². The summed E-state index contributed by atoms with van der Waals surface area (Å²) in [5.41, 5.74) is 4.76. The molecular weight excluding hydrogens is 485 g/mol. The summed E-state index contributed by atoms with van der Waals surface area (Å²) in [7, 11) is -2.87. The first kappa shape index (κ1) is 27.7. The number of aliphatic hydroxyl groups is 2. The minimum absolute atomic E-state index is 0.0513. The van der Waals surface area contributed by atoms with Crippen LogP contribution in [0.25, 0.3) is 0 Å². The first-order valence-corrected chi connectivity index (χ1v) is 12.7. The van der Waals surface area contributed by atoms with Crippen LogP contribution in [0.2, 0.25) is 0 Å². The number of nitrogens with two attached hydrogens (primary N) is 1. The number of hydrogen-bond donors (Lipinski definition) is 4. The van der Waals surface area contributed by atoms with Crippen LogP contribution in [-0.2, 0) is 32.8 Å². The fourth-order valence-electron chi connectivity index (χ4n) is 3.87. The summed E-state index contributed by atoms with van der Waals surface area (Å²) < 4.78 is 38.5. The van der Waals surface area contributed by atoms with Gasteiger partial charge >= 0.3 is 5.97 Å². The van der Waals surface area contributed by atoms with Crippen LogP contribution < -0.4 is 10.8 Å². The molecule has 0 aromatic carbocycles. The Morgan fingerprint density at radius 3 is 2.91 bits per heavy atom. The summed E-state index contributed by atoms with van der Waals surface area (Å²) >= 11 is 0. The second-order valence-electron chi connectivity index (χ2n) is 8.16. The molecule has 14 nitrogen and oxygen atoms in total. The summed E-state index contributed by atoms with van der Waals surface area (Å²) in [6.45, 7) is 4.67. The van der Waals surface area contributed by atoms with Gasteiger partial charge < -0.3 is 39.4 Å². The monoisotopic (exact) mass is 519 g/mol. The number of amidine groups is 1. The van der Waals surface area contributed by atoms with Crippen LogP contribution in [0.3, 0.4) is 0 Å². The Balaban J connectivity index is 1.38. The van der Waals surface area contributed by atoms with E-state index in [4.69, 9.17) is 29.2 Å². The number of hydrazone groups is 1. The highest BCUT2D eigenvalue weighted by Gasteiger charge is 2.56. The highest BCUT2D eigenvalue weighted by atomic mass is 31.1. The van der Waals surface area contributed by atoms with Crippen molar-refractivity contribution in [3.8, 4) is 0 Å². The van der Waals surface area contributed by atoms with Crippen LogP contribution in [0.1, 0.15) is 20.3 Å². The van der Waals surface area contributed by atoms with Crippen LogP contribution in [0.4, 0.5) is 0 Å². The lowest BCUT2D eigenvalue weighted by molar-refractivity contribution is -0.146. The molecule has 3 heterocycles. The van der Waals surface area contributed by atoms with Gasteiger partial charge in [-0.25, -0.2) is 10.1 Å². The molecule has 198 valence electrons. The van der Waals surface area contributed by atoms with Gasteiger partial charge in [-0.3, -0.25) is 14.4 Å². The second-order valence-corrected chi connectivity index (χ2v) is 9.31. The van der Waals surface area contributed by atoms with Crippen LogP contribution in [0.5, 0.6) is 0 Å². The van der Waals surface area contributed by atoms with Crippen molar-refractivity contribution in [2.45, 2.75) is 50.2 Å². The average molecular weight is 519 g/mol. The molecule has 1 saturated heterocycles. The first-order valence-electron chi connectivity index (χ1n) is 11.4. The summed E-state index contributed by atoms with van der Waals surface area (Å²) in [6.07, 6.45) is 1.16. The highest BCUT2D eigenvalue weighted by molar-refractivity contribution is 7.36. The van der Waals surface area contributed by atoms with Crippen molar-refractivity contribution in [1.82, 2.24) is 10.1 Å². The number of fused-ring (bicyclic) bond motifs is 1. The molecule has 5 N–H and O–H groups in total. The highest BCUT2D eigenvalue weighted by Crippen LogP contribution is 2.38. The molecule has 0 aliphatic carbocycles. The van der Waals surface area contributed by atoms with Crippen LogP contribution in [0.15, 0.2) is 21.9 Å². The molecule has 3 rings (SSSR count). The third kappa shape index (κ3) is 6.86. The molecule has 15 heteroatoms. The molecule has 0 aromatic rings. The number of carbonyl (C=O) groups is 1. The van der Waals surface area contributed by atoms with Gasteiger partial charge in [0.15, 0.2) is 5.84 Å². The number of ether oxygens (including phenoxy) is 4. The van der Waals surface area contributed by atoms with Crippen LogP contribution >= 0.6 is 8.18 Å². The Kier molecular flexibility index (Phi) is 10.2. The van der Waals surface area contributed by atoms with E-state index in [1.165, 1.54) is 18.3 Å². The molecule has 0 amide bonds. The van der Waals surface area contributed by atoms with Crippen LogP contribution in [-0.4, -0.2) is 110 Å². The van der Waals surface area contributed by atoms with Gasteiger partial charge in [0.05, 0.1) is 44.8 Å². The molecule has 3 unspecified atom stereocenters. The zero-order chi connectivity index (χ0) is 25.4. The molecule has 0 bridgehead atoms. The lowest BCUT2D eigenvalue weighted by Gasteiger charge is -2.37. The maximum atomic E-state index is 12.3. The van der Waals surface area contributed by atoms with E-state index >= 15 is 0 Å². The van der Waals surface area contributed by atoms with E-state index in [0.717, 1.165) is 0 Å². The van der Waals surface area contributed by atoms with Crippen molar-refractivity contribution in [3.63, 3.8) is 0 Å². The van der Waals surface area contributed by atoms with Crippen molar-refractivity contribution in [3.05, 3.63) is 11.8 Å². The summed E-state index contributed by atoms with van der Waals surface area (Å²) in [5, 5.41) is 30.1. The van der Waals surface area contributed by atoms with Gasteiger partial charge in [-0.2, -0.15) is 5.10 Å². The van der Waals surface area contributed by atoms with Crippen molar-refractivity contribution in [2.75, 3.05) is 46.2 Å². The Bertz CT molecular complexity index is 857. The molecule has 3 aliphatic rings. The third-order valence-electron chi connectivity index (χ3n) is 5.80. The smallest absolute Gasteiger partial charge is 0.323 e. The minimum atomic E-state index is -2.87. The Labute approximate surface area is 204 Å². The molecule has 0 spiro atoms. The topological polar surface area (TPSA) is 187 Å². The molecule has 0 saturated carbocycles. The zero-order valence-electron chi connectivity index (χ0n) is 19.8. The number of nitrogens with one attached hydrogen (secondary N) is 1. The van der Waals surface area contributed by atoms with E-state index in [0.29, 0.717) is 31.9 Å². The van der Waals surface area contributed by atoms with Crippen LogP contribution in [0, 0.1) is 0 Å². The number of nitrogens with zero attached hydrogens (tertiary/aromatic N) is 3. The van der Waals surface area contributed by atoms with E-state index < -0.39 is 44.0 Å². The molecular formula is C20H34N5O9P. The quantitative estimate of drug-likeness (QED) is 0.121. The maximum Gasteiger partial charge on any atom is 0.323 e. The largest absolute Gasteiger partial charge is 0.462 e. The minimum Gasteiger partial charge on any atom is -0.462 e. The molecule has 1 fully saturated rings. The fourth-order valence-corrected chi connectivity index (χ4v) is 4.74. The van der Waals surface area contributed by atoms with Gasteiger partial charge in [-0.1, -0.05) is 6.08 Å². The first-order chi connectivity index (χ1) is 16.8. The van der Waals surface area contributed by atoms with Crippen molar-refractivity contribution in [2.24, 2.45) is 15.8 Å². The Hall–Kier alpha value is -1.90.